The Morgan fingerprint density at radius 2 is 1.86 bits per heavy atom. The summed E-state index contributed by atoms with van der Waals surface area (Å²) >= 11 is 6.31. The molecular formula is C14H11ClF3N3. The van der Waals surface area contributed by atoms with Gasteiger partial charge in [-0.05, 0) is 29.7 Å². The molecule has 2 atom stereocenters. The van der Waals surface area contributed by atoms with Crippen LogP contribution in [0.5, 0.6) is 0 Å². The van der Waals surface area contributed by atoms with Gasteiger partial charge in [0.15, 0.2) is 5.69 Å². The number of hydrogen-bond acceptors (Lipinski definition) is 3. The van der Waals surface area contributed by atoms with Crippen LogP contribution in [0.15, 0.2) is 36.4 Å². The summed E-state index contributed by atoms with van der Waals surface area (Å²) in [5, 5.41) is 9.65. The molecule has 0 bridgehead atoms. The van der Waals surface area contributed by atoms with E-state index in [0.717, 1.165) is 17.2 Å². The quantitative estimate of drug-likeness (QED) is 0.857. The van der Waals surface area contributed by atoms with E-state index in [4.69, 9.17) is 11.6 Å². The summed E-state index contributed by atoms with van der Waals surface area (Å²) in [5.41, 5.74) is 1.16. The number of hydrogen-bond donors (Lipinski definition) is 1. The van der Waals surface area contributed by atoms with Gasteiger partial charge in [-0.25, -0.2) is 0 Å². The maximum Gasteiger partial charge on any atom is 0.435 e. The third-order valence-electron chi connectivity index (χ3n) is 3.43. The molecule has 0 saturated carbocycles. The van der Waals surface area contributed by atoms with Crippen LogP contribution >= 0.6 is 11.6 Å². The lowest BCUT2D eigenvalue weighted by Gasteiger charge is -2.18. The van der Waals surface area contributed by atoms with E-state index >= 15 is 0 Å². The van der Waals surface area contributed by atoms with Crippen molar-refractivity contribution in [3.05, 3.63) is 53.2 Å². The lowest BCUT2D eigenvalue weighted by Crippen LogP contribution is -2.18. The van der Waals surface area contributed by atoms with Crippen molar-refractivity contribution in [2.75, 3.05) is 5.32 Å². The largest absolute Gasteiger partial charge is 0.435 e. The SMILES string of the molecule is FC(F)(F)c1ccc(NC2c3ccccc3CC2Cl)nn1. The predicted octanol–water partition coefficient (Wildman–Crippen LogP) is 3.81. The molecular weight excluding hydrogens is 303 g/mol. The second-order valence-electron chi connectivity index (χ2n) is 4.84. The molecule has 7 heteroatoms. The molecule has 110 valence electrons. The van der Waals surface area contributed by atoms with Crippen LogP contribution in [0.25, 0.3) is 0 Å². The first-order valence-corrected chi connectivity index (χ1v) is 6.78. The topological polar surface area (TPSA) is 37.8 Å². The molecule has 1 aromatic carbocycles. The summed E-state index contributed by atoms with van der Waals surface area (Å²) in [4.78, 5) is 0. The van der Waals surface area contributed by atoms with Gasteiger partial charge in [0, 0.05) is 0 Å². The second kappa shape index (κ2) is 5.18. The molecule has 0 radical (unpaired) electrons. The molecule has 1 heterocycles. The van der Waals surface area contributed by atoms with Crippen LogP contribution in [0, 0.1) is 0 Å². The summed E-state index contributed by atoms with van der Waals surface area (Å²) in [6.07, 6.45) is -3.77. The van der Waals surface area contributed by atoms with Crippen molar-refractivity contribution in [1.29, 1.82) is 0 Å². The van der Waals surface area contributed by atoms with Gasteiger partial charge in [-0.1, -0.05) is 24.3 Å². The normalized spacial score (nSPS) is 21.1. The lowest BCUT2D eigenvalue weighted by atomic mass is 10.1. The zero-order valence-corrected chi connectivity index (χ0v) is 11.5. The molecule has 1 N–H and O–H groups in total. The fourth-order valence-corrected chi connectivity index (χ4v) is 2.80. The smallest absolute Gasteiger partial charge is 0.360 e. The first-order chi connectivity index (χ1) is 9.95. The van der Waals surface area contributed by atoms with Crippen molar-refractivity contribution < 1.29 is 13.2 Å². The summed E-state index contributed by atoms with van der Waals surface area (Å²) in [6, 6.07) is 9.76. The molecule has 0 fully saturated rings. The van der Waals surface area contributed by atoms with Gasteiger partial charge < -0.3 is 5.32 Å². The Balaban J connectivity index is 1.81. The molecule has 2 unspecified atom stereocenters. The van der Waals surface area contributed by atoms with Crippen LogP contribution in [0.4, 0.5) is 19.0 Å². The van der Waals surface area contributed by atoms with Gasteiger partial charge in [0.2, 0.25) is 0 Å². The number of anilines is 1. The third kappa shape index (κ3) is 2.81. The molecule has 21 heavy (non-hydrogen) atoms. The van der Waals surface area contributed by atoms with Crippen molar-refractivity contribution in [2.45, 2.75) is 24.0 Å². The molecule has 1 aromatic heterocycles. The van der Waals surface area contributed by atoms with Crippen molar-refractivity contribution in [3.8, 4) is 0 Å². The molecule has 1 aliphatic rings. The van der Waals surface area contributed by atoms with Crippen LogP contribution in [-0.2, 0) is 12.6 Å². The Morgan fingerprint density at radius 3 is 2.52 bits per heavy atom. The van der Waals surface area contributed by atoms with Crippen LogP contribution in [-0.4, -0.2) is 15.6 Å². The molecule has 2 aromatic rings. The highest BCUT2D eigenvalue weighted by atomic mass is 35.5. The van der Waals surface area contributed by atoms with Crippen molar-refractivity contribution >= 4 is 17.4 Å². The Kier molecular flexibility index (Phi) is 3.49. The second-order valence-corrected chi connectivity index (χ2v) is 5.40. The Morgan fingerprint density at radius 1 is 1.10 bits per heavy atom. The Labute approximate surface area is 124 Å². The maximum absolute atomic E-state index is 12.4. The van der Waals surface area contributed by atoms with E-state index in [1.54, 1.807) is 0 Å². The zero-order chi connectivity index (χ0) is 15.0. The fraction of sp³-hybridized carbons (Fsp3) is 0.286. The molecule has 3 rings (SSSR count). The number of alkyl halides is 4. The average Bonchev–Trinajstić information content (AvgIpc) is 2.75. The van der Waals surface area contributed by atoms with E-state index in [0.29, 0.717) is 6.42 Å². The van der Waals surface area contributed by atoms with Gasteiger partial charge in [0.25, 0.3) is 0 Å². The maximum atomic E-state index is 12.4. The van der Waals surface area contributed by atoms with Gasteiger partial charge in [0.1, 0.15) is 5.82 Å². The monoisotopic (exact) mass is 313 g/mol. The number of benzene rings is 1. The summed E-state index contributed by atoms with van der Waals surface area (Å²) in [7, 11) is 0. The van der Waals surface area contributed by atoms with E-state index in [2.05, 4.69) is 15.5 Å². The van der Waals surface area contributed by atoms with Crippen LogP contribution in [0.3, 0.4) is 0 Å². The minimum Gasteiger partial charge on any atom is -0.360 e. The highest BCUT2D eigenvalue weighted by molar-refractivity contribution is 6.21. The average molecular weight is 314 g/mol. The zero-order valence-electron chi connectivity index (χ0n) is 10.7. The standard InChI is InChI=1S/C14H11ClF3N3/c15-10-7-8-3-1-2-4-9(8)13(10)19-12-6-5-11(20-21-12)14(16,17)18/h1-6,10,13H,7H2,(H,19,21). The van der Waals surface area contributed by atoms with Crippen LogP contribution < -0.4 is 5.32 Å². The highest BCUT2D eigenvalue weighted by Gasteiger charge is 2.34. The molecule has 0 aliphatic heterocycles. The van der Waals surface area contributed by atoms with Crippen LogP contribution in [0.2, 0.25) is 0 Å². The van der Waals surface area contributed by atoms with Gasteiger partial charge in [-0.15, -0.1) is 21.8 Å². The van der Waals surface area contributed by atoms with Crippen molar-refractivity contribution in [1.82, 2.24) is 10.2 Å². The molecule has 3 nitrogen and oxygen atoms in total. The van der Waals surface area contributed by atoms with Gasteiger partial charge in [-0.2, -0.15) is 13.2 Å². The number of fused-ring (bicyclic) bond motifs is 1. The van der Waals surface area contributed by atoms with E-state index in [1.807, 2.05) is 24.3 Å². The van der Waals surface area contributed by atoms with E-state index in [-0.39, 0.29) is 17.2 Å². The minimum atomic E-state index is -4.49. The predicted molar refractivity (Wildman–Crippen MR) is 73.2 cm³/mol. The first kappa shape index (κ1) is 14.1. The van der Waals surface area contributed by atoms with Gasteiger partial charge in [-0.3, -0.25) is 0 Å². The fourth-order valence-electron chi connectivity index (χ4n) is 2.43. The highest BCUT2D eigenvalue weighted by Crippen LogP contribution is 2.37. The van der Waals surface area contributed by atoms with E-state index in [1.165, 1.54) is 6.07 Å². The summed E-state index contributed by atoms with van der Waals surface area (Å²) < 4.78 is 37.3. The number of aromatic nitrogens is 2. The molecule has 0 amide bonds. The van der Waals surface area contributed by atoms with Crippen LogP contribution in [0.1, 0.15) is 22.9 Å². The number of nitrogens with zero attached hydrogens (tertiary/aromatic N) is 2. The number of nitrogens with one attached hydrogen (secondary N) is 1. The lowest BCUT2D eigenvalue weighted by molar-refractivity contribution is -0.141. The van der Waals surface area contributed by atoms with Gasteiger partial charge in [0.05, 0.1) is 11.4 Å². The molecule has 0 spiro atoms. The summed E-state index contributed by atoms with van der Waals surface area (Å²) in [5.74, 6) is 0.273. The number of rotatable bonds is 2. The third-order valence-corrected chi connectivity index (χ3v) is 3.83. The Bertz CT molecular complexity index is 643. The van der Waals surface area contributed by atoms with E-state index in [9.17, 15) is 13.2 Å². The Hall–Kier alpha value is -1.82. The first-order valence-electron chi connectivity index (χ1n) is 6.34. The van der Waals surface area contributed by atoms with Crippen molar-refractivity contribution in [3.63, 3.8) is 0 Å². The molecule has 1 aliphatic carbocycles. The van der Waals surface area contributed by atoms with Gasteiger partial charge >= 0.3 is 6.18 Å². The minimum absolute atomic E-state index is 0.175. The summed E-state index contributed by atoms with van der Waals surface area (Å²) in [6.45, 7) is 0. The molecule has 0 saturated heterocycles. The number of halogens is 4. The van der Waals surface area contributed by atoms with E-state index < -0.39 is 11.9 Å². The van der Waals surface area contributed by atoms with Crippen molar-refractivity contribution in [2.24, 2.45) is 0 Å².